The van der Waals surface area contributed by atoms with Gasteiger partial charge in [-0.1, -0.05) is 31.7 Å². The molecule has 31 heavy (non-hydrogen) atoms. The summed E-state index contributed by atoms with van der Waals surface area (Å²) in [6, 6.07) is 6.07. The Morgan fingerprint density at radius 1 is 1.16 bits per heavy atom. The maximum atomic E-state index is 5.44. The maximum Gasteiger partial charge on any atom is 0.231 e. The highest BCUT2D eigenvalue weighted by atomic mass is 127. The van der Waals surface area contributed by atoms with E-state index in [1.807, 2.05) is 18.4 Å². The Labute approximate surface area is 206 Å². The lowest BCUT2D eigenvalue weighted by Crippen LogP contribution is -2.38. The molecule has 1 aromatic heterocycles. The van der Waals surface area contributed by atoms with Crippen LogP contribution in [0.3, 0.4) is 0 Å². The topological polar surface area (TPSA) is 85.6 Å². The standard InChI is InChI=1S/C21H32N6O2S.HI/c1-15(2)13-27-19(25-26-21(27)30-4)6-5-10-23-20(22-3)24-11-9-16-7-8-17-18(12-16)29-14-28-17;/h7-8,12,15H,5-6,9-11,13-14H2,1-4H3,(H2,22,23,24);1H. The van der Waals surface area contributed by atoms with E-state index in [2.05, 4.69) is 50.3 Å². The minimum atomic E-state index is 0. The van der Waals surface area contributed by atoms with Crippen LogP contribution in [-0.2, 0) is 19.4 Å². The summed E-state index contributed by atoms with van der Waals surface area (Å²) in [7, 11) is 1.79. The van der Waals surface area contributed by atoms with E-state index < -0.39 is 0 Å². The minimum absolute atomic E-state index is 0. The lowest BCUT2D eigenvalue weighted by molar-refractivity contribution is 0.174. The van der Waals surface area contributed by atoms with Crippen LogP contribution in [0.5, 0.6) is 11.5 Å². The Hall–Kier alpha value is -1.69. The van der Waals surface area contributed by atoms with E-state index >= 15 is 0 Å². The molecule has 0 aliphatic carbocycles. The minimum Gasteiger partial charge on any atom is -0.454 e. The van der Waals surface area contributed by atoms with Gasteiger partial charge in [-0.15, -0.1) is 34.2 Å². The monoisotopic (exact) mass is 560 g/mol. The second-order valence-electron chi connectivity index (χ2n) is 7.57. The summed E-state index contributed by atoms with van der Waals surface area (Å²) in [5.74, 6) is 4.07. The number of aromatic nitrogens is 3. The third kappa shape index (κ3) is 7.44. The number of nitrogens with one attached hydrogen (secondary N) is 2. The molecule has 2 N–H and O–H groups in total. The highest BCUT2D eigenvalue weighted by Gasteiger charge is 2.14. The highest BCUT2D eigenvalue weighted by Crippen LogP contribution is 2.32. The van der Waals surface area contributed by atoms with Crippen LogP contribution in [0.2, 0.25) is 0 Å². The van der Waals surface area contributed by atoms with E-state index in [1.54, 1.807) is 18.8 Å². The first-order valence-corrected chi connectivity index (χ1v) is 11.6. The third-order valence-electron chi connectivity index (χ3n) is 4.76. The number of rotatable bonds is 10. The second-order valence-corrected chi connectivity index (χ2v) is 8.35. The molecule has 0 saturated heterocycles. The van der Waals surface area contributed by atoms with Crippen molar-refractivity contribution in [3.05, 3.63) is 29.6 Å². The van der Waals surface area contributed by atoms with Crippen LogP contribution < -0.4 is 20.1 Å². The number of halogens is 1. The number of guanidine groups is 1. The maximum absolute atomic E-state index is 5.44. The molecule has 0 saturated carbocycles. The van der Waals surface area contributed by atoms with E-state index in [9.17, 15) is 0 Å². The van der Waals surface area contributed by atoms with Crippen LogP contribution in [0.1, 0.15) is 31.7 Å². The van der Waals surface area contributed by atoms with Gasteiger partial charge in [0, 0.05) is 33.1 Å². The van der Waals surface area contributed by atoms with Gasteiger partial charge < -0.3 is 24.7 Å². The van der Waals surface area contributed by atoms with E-state index in [-0.39, 0.29) is 24.0 Å². The smallest absolute Gasteiger partial charge is 0.231 e. The molecule has 172 valence electrons. The van der Waals surface area contributed by atoms with E-state index in [0.717, 1.165) is 67.3 Å². The Morgan fingerprint density at radius 2 is 1.94 bits per heavy atom. The molecule has 3 rings (SSSR count). The number of benzene rings is 1. The fourth-order valence-electron chi connectivity index (χ4n) is 3.30. The van der Waals surface area contributed by atoms with Crippen molar-refractivity contribution in [2.45, 2.75) is 44.8 Å². The summed E-state index contributed by atoms with van der Waals surface area (Å²) >= 11 is 1.65. The zero-order valence-corrected chi connectivity index (χ0v) is 21.8. The molecule has 0 bridgehead atoms. The Bertz CT molecular complexity index is 858. The third-order valence-corrected chi connectivity index (χ3v) is 5.43. The van der Waals surface area contributed by atoms with E-state index in [0.29, 0.717) is 12.7 Å². The number of aliphatic imine (C=N–C) groups is 1. The van der Waals surface area contributed by atoms with Crippen LogP contribution >= 0.6 is 35.7 Å². The first-order chi connectivity index (χ1) is 14.6. The van der Waals surface area contributed by atoms with Gasteiger partial charge in [0.2, 0.25) is 6.79 Å². The van der Waals surface area contributed by atoms with Gasteiger partial charge in [-0.05, 0) is 42.7 Å². The number of fused-ring (bicyclic) bond motifs is 1. The Morgan fingerprint density at radius 3 is 2.68 bits per heavy atom. The number of thioether (sulfide) groups is 1. The van der Waals surface area contributed by atoms with Crippen LogP contribution in [0.4, 0.5) is 0 Å². The Balaban J connectivity index is 0.00000341. The van der Waals surface area contributed by atoms with Crippen molar-refractivity contribution < 1.29 is 9.47 Å². The van der Waals surface area contributed by atoms with E-state index in [4.69, 9.17) is 9.47 Å². The highest BCUT2D eigenvalue weighted by molar-refractivity contribution is 14.0. The van der Waals surface area contributed by atoms with Crippen LogP contribution in [0.25, 0.3) is 0 Å². The molecular formula is C21H33IN6O2S. The second kappa shape index (κ2) is 13.0. The van der Waals surface area contributed by atoms with Gasteiger partial charge in [0.15, 0.2) is 22.6 Å². The molecule has 1 aromatic carbocycles. The van der Waals surface area contributed by atoms with Gasteiger partial charge >= 0.3 is 0 Å². The summed E-state index contributed by atoms with van der Waals surface area (Å²) in [6.45, 7) is 7.31. The van der Waals surface area contributed by atoms with Gasteiger partial charge in [0.1, 0.15) is 5.82 Å². The molecular weight excluding hydrogens is 527 g/mol. The van der Waals surface area contributed by atoms with Crippen molar-refractivity contribution in [2.75, 3.05) is 33.2 Å². The molecule has 0 fully saturated rings. The molecule has 0 spiro atoms. The van der Waals surface area contributed by atoms with Crippen LogP contribution in [0, 0.1) is 5.92 Å². The summed E-state index contributed by atoms with van der Waals surface area (Å²) in [6.07, 6.45) is 4.79. The molecule has 8 nitrogen and oxygen atoms in total. The summed E-state index contributed by atoms with van der Waals surface area (Å²) in [5, 5.41) is 16.4. The molecule has 2 aromatic rings. The van der Waals surface area contributed by atoms with Gasteiger partial charge in [-0.2, -0.15) is 0 Å². The Kier molecular flexibility index (Phi) is 10.7. The predicted octanol–water partition coefficient (Wildman–Crippen LogP) is 3.34. The molecule has 1 aliphatic heterocycles. The van der Waals surface area contributed by atoms with Gasteiger partial charge in [0.25, 0.3) is 0 Å². The lowest BCUT2D eigenvalue weighted by atomic mass is 10.1. The molecule has 0 amide bonds. The first kappa shape index (κ1) is 25.6. The van der Waals surface area contributed by atoms with Crippen LogP contribution in [0.15, 0.2) is 28.3 Å². The van der Waals surface area contributed by atoms with Crippen molar-refractivity contribution in [1.29, 1.82) is 0 Å². The van der Waals surface area contributed by atoms with Crippen molar-refractivity contribution >= 4 is 41.7 Å². The zero-order valence-electron chi connectivity index (χ0n) is 18.7. The number of ether oxygens (including phenoxy) is 2. The fraction of sp³-hybridized carbons (Fsp3) is 0.571. The number of hydrogen-bond acceptors (Lipinski definition) is 6. The molecule has 2 heterocycles. The largest absolute Gasteiger partial charge is 0.454 e. The normalized spacial score (nSPS) is 12.7. The molecule has 0 radical (unpaired) electrons. The molecule has 10 heteroatoms. The average molecular weight is 561 g/mol. The van der Waals surface area contributed by atoms with Crippen molar-refractivity contribution in [1.82, 2.24) is 25.4 Å². The molecule has 0 unspecified atom stereocenters. The number of nitrogens with zero attached hydrogens (tertiary/aromatic N) is 4. The average Bonchev–Trinajstić information content (AvgIpc) is 3.35. The zero-order chi connectivity index (χ0) is 21.3. The van der Waals surface area contributed by atoms with Gasteiger partial charge in [-0.3, -0.25) is 4.99 Å². The van der Waals surface area contributed by atoms with Crippen LogP contribution in [-0.4, -0.2) is 53.9 Å². The summed E-state index contributed by atoms with van der Waals surface area (Å²) in [4.78, 5) is 4.31. The lowest BCUT2D eigenvalue weighted by Gasteiger charge is -2.13. The number of hydrogen-bond donors (Lipinski definition) is 2. The van der Waals surface area contributed by atoms with Crippen molar-refractivity contribution in [2.24, 2.45) is 10.9 Å². The van der Waals surface area contributed by atoms with Gasteiger partial charge in [0.05, 0.1) is 0 Å². The molecule has 0 atom stereocenters. The van der Waals surface area contributed by atoms with Crippen molar-refractivity contribution in [3.8, 4) is 11.5 Å². The summed E-state index contributed by atoms with van der Waals surface area (Å²) < 4.78 is 13.0. The van der Waals surface area contributed by atoms with Gasteiger partial charge in [-0.25, -0.2) is 0 Å². The number of aryl methyl sites for hydroxylation is 1. The van der Waals surface area contributed by atoms with Crippen molar-refractivity contribution in [3.63, 3.8) is 0 Å². The van der Waals surface area contributed by atoms with E-state index in [1.165, 1.54) is 5.56 Å². The quantitative estimate of drug-likeness (QED) is 0.152. The SMILES string of the molecule is CN=C(NCCCc1nnc(SC)n1CC(C)C)NCCc1ccc2c(c1)OCO2.I. The summed E-state index contributed by atoms with van der Waals surface area (Å²) in [5.41, 5.74) is 1.20. The predicted molar refractivity (Wildman–Crippen MR) is 136 cm³/mol. The fourth-order valence-corrected chi connectivity index (χ4v) is 3.82. The first-order valence-electron chi connectivity index (χ1n) is 10.4. The molecule has 1 aliphatic rings.